The van der Waals surface area contributed by atoms with E-state index in [9.17, 15) is 4.79 Å². The van der Waals surface area contributed by atoms with E-state index >= 15 is 0 Å². The molecule has 4 heteroatoms. The fraction of sp³-hybridized carbons (Fsp3) is 0.286. The molecule has 0 saturated carbocycles. The number of piperidine rings is 1. The Hall–Kier alpha value is -3.40. The van der Waals surface area contributed by atoms with Gasteiger partial charge < -0.3 is 9.47 Å². The molecule has 0 bridgehead atoms. The van der Waals surface area contributed by atoms with Crippen molar-refractivity contribution in [1.29, 1.82) is 0 Å². The zero-order valence-electron chi connectivity index (χ0n) is 18.6. The average molecular weight is 424 g/mol. The third-order valence-corrected chi connectivity index (χ3v) is 6.62. The summed E-state index contributed by atoms with van der Waals surface area (Å²) in [5, 5.41) is 0. The molecule has 0 spiro atoms. The van der Waals surface area contributed by atoms with Crippen LogP contribution in [0.1, 0.15) is 53.1 Å². The second kappa shape index (κ2) is 8.99. The first-order valence-electron chi connectivity index (χ1n) is 11.6. The van der Waals surface area contributed by atoms with E-state index in [-0.39, 0.29) is 5.91 Å². The number of likely N-dealkylation sites (tertiary alicyclic amines) is 1. The fourth-order valence-electron chi connectivity index (χ4n) is 4.94. The molecule has 4 aromatic rings. The van der Waals surface area contributed by atoms with Gasteiger partial charge in [0, 0.05) is 31.1 Å². The Morgan fingerprint density at radius 3 is 2.38 bits per heavy atom. The summed E-state index contributed by atoms with van der Waals surface area (Å²) >= 11 is 0. The maximum absolute atomic E-state index is 13.2. The van der Waals surface area contributed by atoms with Gasteiger partial charge >= 0.3 is 0 Å². The molecule has 4 nitrogen and oxygen atoms in total. The van der Waals surface area contributed by atoms with E-state index < -0.39 is 0 Å². The van der Waals surface area contributed by atoms with Crippen molar-refractivity contribution in [3.05, 3.63) is 101 Å². The van der Waals surface area contributed by atoms with Crippen LogP contribution in [0.15, 0.2) is 78.9 Å². The predicted octanol–water partition coefficient (Wildman–Crippen LogP) is 5.67. The number of benzene rings is 3. The van der Waals surface area contributed by atoms with Gasteiger partial charge in [-0.05, 0) is 48.6 Å². The van der Waals surface area contributed by atoms with Crippen LogP contribution in [0.25, 0.3) is 11.0 Å². The summed E-state index contributed by atoms with van der Waals surface area (Å²) in [6.45, 7) is 3.66. The molecule has 0 atom stereocenters. The Balaban J connectivity index is 1.39. The van der Waals surface area contributed by atoms with Crippen LogP contribution in [0.3, 0.4) is 0 Å². The zero-order chi connectivity index (χ0) is 21.9. The number of aromatic nitrogens is 2. The highest BCUT2D eigenvalue weighted by Gasteiger charge is 2.28. The number of hydrogen-bond donors (Lipinski definition) is 0. The van der Waals surface area contributed by atoms with Crippen LogP contribution < -0.4 is 0 Å². The van der Waals surface area contributed by atoms with E-state index in [4.69, 9.17) is 4.98 Å². The van der Waals surface area contributed by atoms with Gasteiger partial charge in [-0.25, -0.2) is 4.98 Å². The van der Waals surface area contributed by atoms with Gasteiger partial charge in [0.05, 0.1) is 11.0 Å². The lowest BCUT2D eigenvalue weighted by molar-refractivity contribution is 0.0694. The summed E-state index contributed by atoms with van der Waals surface area (Å²) in [5.41, 5.74) is 5.50. The first-order chi connectivity index (χ1) is 15.7. The summed E-state index contributed by atoms with van der Waals surface area (Å²) in [6.07, 6.45) is 3.59. The quantitative estimate of drug-likeness (QED) is 0.415. The van der Waals surface area contributed by atoms with Crippen molar-refractivity contribution in [2.24, 2.45) is 0 Å². The maximum atomic E-state index is 13.2. The lowest BCUT2D eigenvalue weighted by atomic mass is 10.00. The monoisotopic (exact) mass is 423 g/mol. The number of hydrogen-bond acceptors (Lipinski definition) is 2. The maximum Gasteiger partial charge on any atom is 0.254 e. The molecule has 0 unspecified atom stereocenters. The van der Waals surface area contributed by atoms with Crippen molar-refractivity contribution >= 4 is 16.9 Å². The number of para-hydroxylation sites is 2. The Morgan fingerprint density at radius 1 is 0.906 bits per heavy atom. The van der Waals surface area contributed by atoms with Crippen LogP contribution in [0.2, 0.25) is 0 Å². The van der Waals surface area contributed by atoms with Crippen molar-refractivity contribution in [3.63, 3.8) is 0 Å². The first-order valence-corrected chi connectivity index (χ1v) is 11.6. The Morgan fingerprint density at radius 2 is 1.59 bits per heavy atom. The Kier molecular flexibility index (Phi) is 5.76. The number of amides is 1. The van der Waals surface area contributed by atoms with Crippen molar-refractivity contribution < 1.29 is 4.79 Å². The minimum Gasteiger partial charge on any atom is -0.338 e. The lowest BCUT2D eigenvalue weighted by Crippen LogP contribution is -2.39. The molecule has 1 aliphatic rings. The summed E-state index contributed by atoms with van der Waals surface area (Å²) in [4.78, 5) is 20.2. The van der Waals surface area contributed by atoms with Crippen LogP contribution in [-0.4, -0.2) is 33.4 Å². The molecule has 1 fully saturated rings. The molecule has 0 aliphatic carbocycles. The molecular formula is C28H29N3O. The molecule has 2 heterocycles. The highest BCUT2D eigenvalue weighted by atomic mass is 16.2. The molecule has 3 aromatic carbocycles. The SMILES string of the molecule is CCc1ccccc1C(=O)N1CCC(n2c(Cc3ccccc3)nc3ccccc32)CC1. The third-order valence-electron chi connectivity index (χ3n) is 6.62. The summed E-state index contributed by atoms with van der Waals surface area (Å²) in [7, 11) is 0. The van der Waals surface area contributed by atoms with Gasteiger partial charge in [-0.1, -0.05) is 67.6 Å². The molecule has 0 radical (unpaired) electrons. The molecule has 1 saturated heterocycles. The van der Waals surface area contributed by atoms with E-state index in [1.165, 1.54) is 11.1 Å². The van der Waals surface area contributed by atoms with Crippen LogP contribution in [0.5, 0.6) is 0 Å². The van der Waals surface area contributed by atoms with Crippen molar-refractivity contribution in [1.82, 2.24) is 14.5 Å². The van der Waals surface area contributed by atoms with Gasteiger partial charge in [-0.3, -0.25) is 4.79 Å². The van der Waals surface area contributed by atoms with E-state index in [0.29, 0.717) is 6.04 Å². The van der Waals surface area contributed by atoms with E-state index in [0.717, 1.165) is 61.2 Å². The van der Waals surface area contributed by atoms with Gasteiger partial charge in [0.15, 0.2) is 0 Å². The molecule has 32 heavy (non-hydrogen) atoms. The molecule has 1 amide bonds. The Labute approximate surface area is 189 Å². The smallest absolute Gasteiger partial charge is 0.254 e. The number of aryl methyl sites for hydroxylation is 1. The number of fused-ring (bicyclic) bond motifs is 1. The second-order valence-electron chi connectivity index (χ2n) is 8.58. The van der Waals surface area contributed by atoms with Gasteiger partial charge in [-0.2, -0.15) is 0 Å². The number of carbonyl (C=O) groups excluding carboxylic acids is 1. The minimum absolute atomic E-state index is 0.167. The molecule has 162 valence electrons. The van der Waals surface area contributed by atoms with Crippen LogP contribution in [0.4, 0.5) is 0 Å². The highest BCUT2D eigenvalue weighted by Crippen LogP contribution is 2.30. The van der Waals surface area contributed by atoms with Crippen LogP contribution in [0, 0.1) is 0 Å². The van der Waals surface area contributed by atoms with Crippen LogP contribution >= 0.6 is 0 Å². The van der Waals surface area contributed by atoms with Gasteiger partial charge in [0.2, 0.25) is 0 Å². The average Bonchev–Trinajstić information content (AvgIpc) is 3.22. The minimum atomic E-state index is 0.167. The molecule has 5 rings (SSSR count). The zero-order valence-corrected chi connectivity index (χ0v) is 18.6. The predicted molar refractivity (Wildman–Crippen MR) is 129 cm³/mol. The highest BCUT2D eigenvalue weighted by molar-refractivity contribution is 5.95. The molecular weight excluding hydrogens is 394 g/mol. The van der Waals surface area contributed by atoms with Gasteiger partial charge in [0.25, 0.3) is 5.91 Å². The number of rotatable bonds is 5. The summed E-state index contributed by atoms with van der Waals surface area (Å²) in [5.74, 6) is 1.28. The standard InChI is InChI=1S/C28H29N3O/c1-2-22-12-6-7-13-24(22)28(32)30-18-16-23(17-19-30)31-26-15-9-8-14-25(26)29-27(31)20-21-10-4-3-5-11-21/h3-15,23H,2,16-20H2,1H3. The first kappa shape index (κ1) is 20.5. The molecule has 1 aromatic heterocycles. The number of carbonyl (C=O) groups is 1. The van der Waals surface area contributed by atoms with E-state index in [1.807, 2.05) is 23.1 Å². The summed E-state index contributed by atoms with van der Waals surface area (Å²) < 4.78 is 2.43. The summed E-state index contributed by atoms with van der Waals surface area (Å²) in [6, 6.07) is 27.3. The van der Waals surface area contributed by atoms with E-state index in [1.54, 1.807) is 0 Å². The molecule has 0 N–H and O–H groups in total. The topological polar surface area (TPSA) is 38.1 Å². The lowest BCUT2D eigenvalue weighted by Gasteiger charge is -2.34. The Bertz CT molecular complexity index is 1220. The van der Waals surface area contributed by atoms with Gasteiger partial charge in [0.1, 0.15) is 5.82 Å². The molecule has 1 aliphatic heterocycles. The van der Waals surface area contributed by atoms with Gasteiger partial charge in [-0.15, -0.1) is 0 Å². The largest absolute Gasteiger partial charge is 0.338 e. The second-order valence-corrected chi connectivity index (χ2v) is 8.58. The van der Waals surface area contributed by atoms with E-state index in [2.05, 4.69) is 72.2 Å². The third kappa shape index (κ3) is 3.93. The number of imidazole rings is 1. The fourth-order valence-corrected chi connectivity index (χ4v) is 4.94. The van der Waals surface area contributed by atoms with Crippen molar-refractivity contribution in [2.45, 2.75) is 38.6 Å². The normalized spacial score (nSPS) is 14.7. The number of nitrogens with zero attached hydrogens (tertiary/aromatic N) is 3. The van der Waals surface area contributed by atoms with Crippen LogP contribution in [-0.2, 0) is 12.8 Å². The van der Waals surface area contributed by atoms with Crippen molar-refractivity contribution in [3.8, 4) is 0 Å². The van der Waals surface area contributed by atoms with Crippen molar-refractivity contribution in [2.75, 3.05) is 13.1 Å².